The second-order valence-corrected chi connectivity index (χ2v) is 6.83. The zero-order chi connectivity index (χ0) is 14.6. The fraction of sp³-hybridized carbons (Fsp3) is 0.167. The largest absolute Gasteiger partial charge is 0.399 e. The van der Waals surface area contributed by atoms with Crippen LogP contribution in [-0.4, -0.2) is 24.4 Å². The smallest absolute Gasteiger partial charge is 0.263 e. The molecule has 0 radical (unpaired) electrons. The van der Waals surface area contributed by atoms with Crippen molar-refractivity contribution in [2.45, 2.75) is 16.8 Å². The fourth-order valence-electron chi connectivity index (χ4n) is 1.48. The van der Waals surface area contributed by atoms with E-state index in [1.807, 2.05) is 6.92 Å². The van der Waals surface area contributed by atoms with E-state index >= 15 is 0 Å². The van der Waals surface area contributed by atoms with Gasteiger partial charge in [-0.2, -0.15) is 0 Å². The second-order valence-electron chi connectivity index (χ2n) is 3.87. The molecule has 20 heavy (non-hydrogen) atoms. The van der Waals surface area contributed by atoms with Crippen LogP contribution in [0, 0.1) is 0 Å². The number of hydrogen-bond acceptors (Lipinski definition) is 6. The molecular formula is C12H14N4O2S2. The first-order valence-corrected chi connectivity index (χ1v) is 8.33. The summed E-state index contributed by atoms with van der Waals surface area (Å²) in [6.45, 7) is 2.00. The number of rotatable bonds is 5. The van der Waals surface area contributed by atoms with E-state index in [1.165, 1.54) is 23.9 Å². The maximum absolute atomic E-state index is 12.1. The first-order chi connectivity index (χ1) is 9.51. The Balaban J connectivity index is 2.20. The zero-order valence-electron chi connectivity index (χ0n) is 10.8. The topological polar surface area (TPSA) is 98.0 Å². The molecule has 6 nitrogen and oxygen atoms in total. The number of anilines is 2. The van der Waals surface area contributed by atoms with Gasteiger partial charge in [-0.25, -0.2) is 8.42 Å². The Morgan fingerprint density at radius 3 is 2.65 bits per heavy atom. The summed E-state index contributed by atoms with van der Waals surface area (Å²) in [4.78, 5) is 0.0892. The number of aromatic nitrogens is 2. The number of nitrogens with zero attached hydrogens (tertiary/aromatic N) is 2. The summed E-state index contributed by atoms with van der Waals surface area (Å²) < 4.78 is 26.6. The van der Waals surface area contributed by atoms with Crippen LogP contribution in [0.25, 0.3) is 0 Å². The quantitative estimate of drug-likeness (QED) is 0.647. The standard InChI is InChI=1S/C12H14N4O2S2/c1-2-19-12-7-6-11(14-15-12)16-20(17,18)10-5-3-4-9(13)8-10/h3-8H,2,13H2,1H3,(H,14,16). The van der Waals surface area contributed by atoms with Crippen molar-refractivity contribution in [2.75, 3.05) is 16.2 Å². The van der Waals surface area contributed by atoms with E-state index in [-0.39, 0.29) is 10.7 Å². The molecule has 0 fully saturated rings. The lowest BCUT2D eigenvalue weighted by molar-refractivity contribution is 0.601. The number of nitrogens with two attached hydrogens (primary N) is 1. The molecule has 106 valence electrons. The normalized spacial score (nSPS) is 11.2. The minimum atomic E-state index is -3.70. The minimum Gasteiger partial charge on any atom is -0.399 e. The van der Waals surface area contributed by atoms with Crippen molar-refractivity contribution < 1.29 is 8.42 Å². The number of thioether (sulfide) groups is 1. The van der Waals surface area contributed by atoms with Crippen LogP contribution >= 0.6 is 11.8 Å². The Kier molecular flexibility index (Phi) is 4.46. The average Bonchev–Trinajstić information content (AvgIpc) is 2.41. The third kappa shape index (κ3) is 3.61. The Labute approximate surface area is 121 Å². The molecule has 3 N–H and O–H groups in total. The van der Waals surface area contributed by atoms with E-state index in [9.17, 15) is 8.42 Å². The zero-order valence-corrected chi connectivity index (χ0v) is 12.4. The highest BCUT2D eigenvalue weighted by Crippen LogP contribution is 2.18. The van der Waals surface area contributed by atoms with Crippen molar-refractivity contribution in [3.05, 3.63) is 36.4 Å². The van der Waals surface area contributed by atoms with E-state index in [1.54, 1.807) is 24.3 Å². The van der Waals surface area contributed by atoms with Gasteiger partial charge < -0.3 is 5.73 Å². The highest BCUT2D eigenvalue weighted by atomic mass is 32.2. The van der Waals surface area contributed by atoms with E-state index in [0.29, 0.717) is 5.69 Å². The predicted molar refractivity (Wildman–Crippen MR) is 80.1 cm³/mol. The van der Waals surface area contributed by atoms with Crippen LogP contribution in [0.1, 0.15) is 6.92 Å². The van der Waals surface area contributed by atoms with Gasteiger partial charge in [-0.3, -0.25) is 4.72 Å². The van der Waals surface area contributed by atoms with E-state index < -0.39 is 10.0 Å². The summed E-state index contributed by atoms with van der Waals surface area (Å²) in [6, 6.07) is 9.35. The van der Waals surface area contributed by atoms with E-state index in [4.69, 9.17) is 5.73 Å². The molecule has 0 spiro atoms. The number of sulfonamides is 1. The number of benzene rings is 1. The number of hydrogen-bond donors (Lipinski definition) is 2. The number of nitrogen functional groups attached to an aromatic ring is 1. The third-order valence-corrected chi connectivity index (χ3v) is 4.49. The lowest BCUT2D eigenvalue weighted by Gasteiger charge is -2.07. The summed E-state index contributed by atoms with van der Waals surface area (Å²) in [5.74, 6) is 1.05. The Morgan fingerprint density at radius 1 is 1.25 bits per heavy atom. The Morgan fingerprint density at radius 2 is 2.05 bits per heavy atom. The monoisotopic (exact) mass is 310 g/mol. The molecular weight excluding hydrogens is 296 g/mol. The molecule has 0 aliphatic carbocycles. The molecule has 1 aromatic heterocycles. The first-order valence-electron chi connectivity index (χ1n) is 5.86. The molecule has 8 heteroatoms. The SMILES string of the molecule is CCSc1ccc(NS(=O)(=O)c2cccc(N)c2)nn1. The molecule has 0 aliphatic heterocycles. The van der Waals surface area contributed by atoms with Gasteiger partial charge in [0.25, 0.3) is 10.0 Å². The van der Waals surface area contributed by atoms with Crippen molar-refractivity contribution in [1.82, 2.24) is 10.2 Å². The van der Waals surface area contributed by atoms with Crippen LogP contribution in [0.3, 0.4) is 0 Å². The first kappa shape index (κ1) is 14.6. The van der Waals surface area contributed by atoms with Gasteiger partial charge in [0.15, 0.2) is 5.82 Å². The van der Waals surface area contributed by atoms with Crippen LogP contribution in [-0.2, 0) is 10.0 Å². The highest BCUT2D eigenvalue weighted by molar-refractivity contribution is 7.99. The summed E-state index contributed by atoms with van der Waals surface area (Å²) in [5.41, 5.74) is 5.96. The molecule has 0 atom stereocenters. The summed E-state index contributed by atoms with van der Waals surface area (Å²) in [6.07, 6.45) is 0. The molecule has 0 saturated carbocycles. The Hall–Kier alpha value is -1.80. The van der Waals surface area contributed by atoms with Crippen molar-refractivity contribution in [3.63, 3.8) is 0 Å². The lowest BCUT2D eigenvalue weighted by Crippen LogP contribution is -2.14. The number of nitrogens with one attached hydrogen (secondary N) is 1. The molecule has 0 aliphatic rings. The maximum Gasteiger partial charge on any atom is 0.263 e. The third-order valence-electron chi connectivity index (χ3n) is 2.34. The average molecular weight is 310 g/mol. The van der Waals surface area contributed by atoms with Gasteiger partial charge in [-0.15, -0.1) is 22.0 Å². The minimum absolute atomic E-state index is 0.0892. The van der Waals surface area contributed by atoms with Gasteiger partial charge in [-0.1, -0.05) is 13.0 Å². The Bertz CT molecular complexity index is 687. The van der Waals surface area contributed by atoms with E-state index in [0.717, 1.165) is 10.8 Å². The highest BCUT2D eigenvalue weighted by Gasteiger charge is 2.15. The summed E-state index contributed by atoms with van der Waals surface area (Å²) in [5, 5.41) is 8.51. The lowest BCUT2D eigenvalue weighted by atomic mass is 10.3. The van der Waals surface area contributed by atoms with E-state index in [2.05, 4.69) is 14.9 Å². The van der Waals surface area contributed by atoms with Crippen molar-refractivity contribution >= 4 is 33.3 Å². The van der Waals surface area contributed by atoms with Crippen LogP contribution in [0.2, 0.25) is 0 Å². The predicted octanol–water partition coefficient (Wildman–Crippen LogP) is 1.97. The van der Waals surface area contributed by atoms with Gasteiger partial charge in [-0.05, 0) is 36.1 Å². The van der Waals surface area contributed by atoms with Crippen LogP contribution in [0.4, 0.5) is 11.5 Å². The second kappa shape index (κ2) is 6.10. The molecule has 0 bridgehead atoms. The molecule has 2 aromatic rings. The molecule has 1 heterocycles. The van der Waals surface area contributed by atoms with Crippen LogP contribution in [0.5, 0.6) is 0 Å². The van der Waals surface area contributed by atoms with Gasteiger partial charge in [0, 0.05) is 5.69 Å². The summed E-state index contributed by atoms with van der Waals surface area (Å²) >= 11 is 1.53. The maximum atomic E-state index is 12.1. The van der Waals surface area contributed by atoms with Crippen LogP contribution < -0.4 is 10.5 Å². The summed E-state index contributed by atoms with van der Waals surface area (Å²) in [7, 11) is -3.70. The fourth-order valence-corrected chi connectivity index (χ4v) is 3.09. The van der Waals surface area contributed by atoms with Crippen molar-refractivity contribution in [3.8, 4) is 0 Å². The van der Waals surface area contributed by atoms with Gasteiger partial charge >= 0.3 is 0 Å². The molecule has 0 unspecified atom stereocenters. The van der Waals surface area contributed by atoms with Crippen molar-refractivity contribution in [2.24, 2.45) is 0 Å². The van der Waals surface area contributed by atoms with Gasteiger partial charge in [0.1, 0.15) is 5.03 Å². The van der Waals surface area contributed by atoms with Gasteiger partial charge in [0.05, 0.1) is 4.90 Å². The van der Waals surface area contributed by atoms with Gasteiger partial charge in [0.2, 0.25) is 0 Å². The molecule has 2 rings (SSSR count). The molecule has 0 saturated heterocycles. The van der Waals surface area contributed by atoms with Crippen LogP contribution in [0.15, 0.2) is 46.3 Å². The van der Waals surface area contributed by atoms with Crippen molar-refractivity contribution in [1.29, 1.82) is 0 Å². The molecule has 0 amide bonds. The molecule has 1 aromatic carbocycles.